The number of piperidine rings is 1. The van der Waals surface area contributed by atoms with E-state index in [0.29, 0.717) is 25.1 Å². The molecule has 142 valence electrons. The molecule has 2 rings (SSSR count). The fourth-order valence-electron chi connectivity index (χ4n) is 2.98. The maximum atomic E-state index is 12.3. The molecule has 1 aromatic rings. The molecular formula is C18H24N2O6. The highest BCUT2D eigenvalue weighted by atomic mass is 16.5. The molecule has 1 unspecified atom stereocenters. The van der Waals surface area contributed by atoms with E-state index in [0.717, 1.165) is 0 Å². The van der Waals surface area contributed by atoms with Crippen molar-refractivity contribution in [1.82, 2.24) is 10.2 Å². The van der Waals surface area contributed by atoms with Crippen molar-refractivity contribution in [3.8, 4) is 5.75 Å². The minimum absolute atomic E-state index is 0.0450. The number of nitrogens with one attached hydrogen (secondary N) is 1. The quantitative estimate of drug-likeness (QED) is 0.697. The monoisotopic (exact) mass is 364 g/mol. The van der Waals surface area contributed by atoms with Crippen LogP contribution in [-0.4, -0.2) is 67.7 Å². The number of ether oxygens (including phenoxy) is 2. The van der Waals surface area contributed by atoms with E-state index in [4.69, 9.17) is 9.47 Å². The standard InChI is InChI=1S/C18H24N2O6/c1-25-13-18(17(23)24)8-5-9-20(12-18)16(22)10-19-15(21)11-26-14-6-3-2-4-7-14/h2-4,6-7H,5,8-13H2,1H3,(H,19,21)(H,23,24). The molecule has 0 aromatic heterocycles. The molecule has 0 radical (unpaired) electrons. The molecule has 1 atom stereocenters. The van der Waals surface area contributed by atoms with E-state index in [-0.39, 0.29) is 32.2 Å². The number of carbonyl (C=O) groups is 3. The fraction of sp³-hybridized carbons (Fsp3) is 0.500. The lowest BCUT2D eigenvalue weighted by molar-refractivity contribution is -0.159. The van der Waals surface area contributed by atoms with E-state index in [9.17, 15) is 19.5 Å². The lowest BCUT2D eigenvalue weighted by Crippen LogP contribution is -2.54. The van der Waals surface area contributed by atoms with Crippen molar-refractivity contribution in [2.45, 2.75) is 12.8 Å². The van der Waals surface area contributed by atoms with E-state index < -0.39 is 17.3 Å². The average Bonchev–Trinajstić information content (AvgIpc) is 2.65. The van der Waals surface area contributed by atoms with Crippen LogP contribution in [0.3, 0.4) is 0 Å². The molecule has 0 saturated carbocycles. The SMILES string of the molecule is COCC1(C(=O)O)CCCN(C(=O)CNC(=O)COc2ccccc2)C1. The van der Waals surface area contributed by atoms with E-state index >= 15 is 0 Å². The summed E-state index contributed by atoms with van der Waals surface area (Å²) in [5.74, 6) is -1.15. The average molecular weight is 364 g/mol. The Morgan fingerprint density at radius 1 is 1.27 bits per heavy atom. The molecule has 0 spiro atoms. The molecule has 1 heterocycles. The van der Waals surface area contributed by atoms with Gasteiger partial charge in [0, 0.05) is 20.2 Å². The maximum Gasteiger partial charge on any atom is 0.313 e. The number of para-hydroxylation sites is 1. The van der Waals surface area contributed by atoms with Gasteiger partial charge in [-0.2, -0.15) is 0 Å². The van der Waals surface area contributed by atoms with E-state index in [1.165, 1.54) is 12.0 Å². The zero-order valence-corrected chi connectivity index (χ0v) is 14.8. The molecule has 0 aliphatic carbocycles. The molecule has 2 N–H and O–H groups in total. The molecule has 26 heavy (non-hydrogen) atoms. The summed E-state index contributed by atoms with van der Waals surface area (Å²) in [7, 11) is 1.44. The Kier molecular flexibility index (Phi) is 6.97. The summed E-state index contributed by atoms with van der Waals surface area (Å²) >= 11 is 0. The van der Waals surface area contributed by atoms with Gasteiger partial charge in [-0.1, -0.05) is 18.2 Å². The van der Waals surface area contributed by atoms with Crippen molar-refractivity contribution in [1.29, 1.82) is 0 Å². The van der Waals surface area contributed by atoms with Crippen LogP contribution in [0.5, 0.6) is 5.75 Å². The van der Waals surface area contributed by atoms with Crippen molar-refractivity contribution in [3.63, 3.8) is 0 Å². The lowest BCUT2D eigenvalue weighted by atomic mass is 9.80. The first kappa shape index (κ1) is 19.7. The van der Waals surface area contributed by atoms with Gasteiger partial charge in [0.1, 0.15) is 11.2 Å². The van der Waals surface area contributed by atoms with Gasteiger partial charge in [0.25, 0.3) is 5.91 Å². The summed E-state index contributed by atoms with van der Waals surface area (Å²) in [5, 5.41) is 12.0. The van der Waals surface area contributed by atoms with E-state index in [1.54, 1.807) is 24.3 Å². The molecule has 1 aliphatic rings. The van der Waals surface area contributed by atoms with Crippen LogP contribution in [0.2, 0.25) is 0 Å². The molecule has 2 amide bonds. The zero-order chi connectivity index (χ0) is 19.0. The molecule has 1 aliphatic heterocycles. The van der Waals surface area contributed by atoms with Crippen molar-refractivity contribution >= 4 is 17.8 Å². The highest BCUT2D eigenvalue weighted by Crippen LogP contribution is 2.30. The van der Waals surface area contributed by atoms with Crippen LogP contribution in [-0.2, 0) is 19.1 Å². The van der Waals surface area contributed by atoms with Crippen LogP contribution in [0.25, 0.3) is 0 Å². The van der Waals surface area contributed by atoms with E-state index in [1.807, 2.05) is 6.07 Å². The Morgan fingerprint density at radius 2 is 2.00 bits per heavy atom. The predicted molar refractivity (Wildman–Crippen MR) is 92.7 cm³/mol. The smallest absolute Gasteiger partial charge is 0.313 e. The molecular weight excluding hydrogens is 340 g/mol. The number of benzene rings is 1. The van der Waals surface area contributed by atoms with Crippen LogP contribution in [0.1, 0.15) is 12.8 Å². The third-order valence-electron chi connectivity index (χ3n) is 4.35. The number of hydrogen-bond acceptors (Lipinski definition) is 5. The summed E-state index contributed by atoms with van der Waals surface area (Å²) < 4.78 is 10.4. The second-order valence-corrected chi connectivity index (χ2v) is 6.32. The number of amides is 2. The number of carbonyl (C=O) groups excluding carboxylic acids is 2. The number of aliphatic carboxylic acids is 1. The summed E-state index contributed by atoms with van der Waals surface area (Å²) in [5.41, 5.74) is -1.09. The third kappa shape index (κ3) is 5.19. The zero-order valence-electron chi connectivity index (χ0n) is 14.8. The normalized spacial score (nSPS) is 19.7. The van der Waals surface area contributed by atoms with Gasteiger partial charge in [-0.15, -0.1) is 0 Å². The van der Waals surface area contributed by atoms with Crippen molar-refractivity contribution in [2.75, 3.05) is 40.0 Å². The molecule has 1 saturated heterocycles. The summed E-state index contributed by atoms with van der Waals surface area (Å²) in [6.07, 6.45) is 1.03. The molecule has 0 bridgehead atoms. The van der Waals surface area contributed by atoms with Crippen LogP contribution in [0, 0.1) is 5.41 Å². The van der Waals surface area contributed by atoms with Crippen molar-refractivity contribution in [2.24, 2.45) is 5.41 Å². The summed E-state index contributed by atoms with van der Waals surface area (Å²) in [6, 6.07) is 8.88. The van der Waals surface area contributed by atoms with Gasteiger partial charge < -0.3 is 24.8 Å². The number of carboxylic acids is 1. The second-order valence-electron chi connectivity index (χ2n) is 6.32. The highest BCUT2D eigenvalue weighted by molar-refractivity contribution is 5.86. The highest BCUT2D eigenvalue weighted by Gasteiger charge is 2.43. The number of rotatable bonds is 8. The number of nitrogens with zero attached hydrogens (tertiary/aromatic N) is 1. The third-order valence-corrected chi connectivity index (χ3v) is 4.35. The van der Waals surface area contributed by atoms with Gasteiger partial charge in [-0.3, -0.25) is 14.4 Å². The topological polar surface area (TPSA) is 105 Å². The van der Waals surface area contributed by atoms with Crippen molar-refractivity contribution < 1.29 is 29.0 Å². The van der Waals surface area contributed by atoms with Gasteiger partial charge in [0.2, 0.25) is 5.91 Å². The molecule has 8 nitrogen and oxygen atoms in total. The van der Waals surface area contributed by atoms with Gasteiger partial charge in [-0.05, 0) is 25.0 Å². The van der Waals surface area contributed by atoms with Crippen LogP contribution in [0.4, 0.5) is 0 Å². The van der Waals surface area contributed by atoms with Gasteiger partial charge in [-0.25, -0.2) is 0 Å². The summed E-state index contributed by atoms with van der Waals surface area (Å²) in [4.78, 5) is 37.2. The Balaban J connectivity index is 1.81. The molecule has 1 aromatic carbocycles. The van der Waals surface area contributed by atoms with Gasteiger partial charge in [0.15, 0.2) is 6.61 Å². The Morgan fingerprint density at radius 3 is 2.65 bits per heavy atom. The first-order valence-electron chi connectivity index (χ1n) is 8.41. The minimum Gasteiger partial charge on any atom is -0.484 e. The number of methoxy groups -OCH3 is 1. The minimum atomic E-state index is -1.09. The number of likely N-dealkylation sites (tertiary alicyclic amines) is 1. The van der Waals surface area contributed by atoms with Crippen LogP contribution < -0.4 is 10.1 Å². The Hall–Kier alpha value is -2.61. The molecule has 1 fully saturated rings. The van der Waals surface area contributed by atoms with Crippen molar-refractivity contribution in [3.05, 3.63) is 30.3 Å². The largest absolute Gasteiger partial charge is 0.484 e. The Labute approximate surface area is 152 Å². The first-order valence-corrected chi connectivity index (χ1v) is 8.41. The van der Waals surface area contributed by atoms with Gasteiger partial charge in [0.05, 0.1) is 13.2 Å². The lowest BCUT2D eigenvalue weighted by Gasteiger charge is -2.39. The molecule has 8 heteroatoms. The first-order chi connectivity index (χ1) is 12.5. The number of carboxylic acid groups (broad SMARTS) is 1. The van der Waals surface area contributed by atoms with Gasteiger partial charge >= 0.3 is 5.97 Å². The van der Waals surface area contributed by atoms with E-state index in [2.05, 4.69) is 5.32 Å². The summed E-state index contributed by atoms with van der Waals surface area (Å²) in [6.45, 7) is 0.197. The Bertz CT molecular complexity index is 632. The maximum absolute atomic E-state index is 12.3. The van der Waals surface area contributed by atoms with Crippen LogP contribution in [0.15, 0.2) is 30.3 Å². The second kappa shape index (κ2) is 9.19. The predicted octanol–water partition coefficient (Wildman–Crippen LogP) is 0.521. The fourth-order valence-corrected chi connectivity index (χ4v) is 2.98. The number of hydrogen-bond donors (Lipinski definition) is 2. The van der Waals surface area contributed by atoms with Crippen LogP contribution >= 0.6 is 0 Å².